The SMILES string of the molecule is O=S(=O)(O)c1ccc(N=Nc2ccc(-c3ccc(Nc4nc(Nc5ccc(N=Nc6ccc(N=Nc7ccccc7)c7ccccc67)cc5)nc(N5CCOCC5)n4)cc3)c3ccc(S(=O)(=O)O)cc23)cc1. The lowest BCUT2D eigenvalue weighted by Crippen LogP contribution is -2.37. The molecule has 0 unspecified atom stereocenters. The lowest BCUT2D eigenvalue weighted by atomic mass is 9.97. The van der Waals surface area contributed by atoms with Crippen molar-refractivity contribution in [2.75, 3.05) is 41.8 Å². The summed E-state index contributed by atoms with van der Waals surface area (Å²) < 4.78 is 72.1. The average Bonchev–Trinajstić information content (AvgIpc) is 3.39. The molecule has 0 bridgehead atoms. The fourth-order valence-electron chi connectivity index (χ4n) is 7.75. The van der Waals surface area contributed by atoms with Crippen LogP contribution in [0.25, 0.3) is 32.7 Å². The molecule has 19 nitrogen and oxygen atoms in total. The highest BCUT2D eigenvalue weighted by Crippen LogP contribution is 2.39. The summed E-state index contributed by atoms with van der Waals surface area (Å²) in [6, 6.07) is 48.8. The first-order valence-electron chi connectivity index (χ1n) is 22.2. The molecular formula is C51H40N12O7S2. The number of hydrogen-bond acceptors (Lipinski definition) is 17. The van der Waals surface area contributed by atoms with Crippen molar-refractivity contribution in [3.8, 4) is 11.1 Å². The minimum atomic E-state index is -4.57. The molecule has 0 saturated carbocycles. The van der Waals surface area contributed by atoms with E-state index in [1.807, 2.05) is 126 Å². The van der Waals surface area contributed by atoms with E-state index in [1.54, 1.807) is 12.1 Å². The van der Waals surface area contributed by atoms with Crippen LogP contribution < -0.4 is 15.5 Å². The highest BCUT2D eigenvalue weighted by Gasteiger charge is 2.19. The van der Waals surface area contributed by atoms with Gasteiger partial charge in [-0.15, -0.1) is 15.3 Å². The summed E-state index contributed by atoms with van der Waals surface area (Å²) in [7, 11) is -8.97. The molecule has 8 aromatic carbocycles. The summed E-state index contributed by atoms with van der Waals surface area (Å²) in [6.45, 7) is 2.24. The van der Waals surface area contributed by atoms with Gasteiger partial charge in [-0.05, 0) is 120 Å². The molecule has 0 aliphatic carbocycles. The standard InChI is InChI=1S/C51H40N12O7S2/c64-71(65,66)39-20-18-38(19-21-39)59-62-48-25-24-41(42-23-22-40(32-45(42)48)72(67,68)69)33-10-12-34(13-11-33)52-49-54-50(56-51(55-49)63-28-30-70-31-29-63)53-35-14-16-37(17-15-35)58-61-47-27-26-46(43-8-4-5-9-44(43)47)60-57-36-6-2-1-3-7-36/h1-27,32H,28-31H2,(H,64,65,66)(H,67,68,69)(H2,52,53,54,55,56). The molecule has 0 radical (unpaired) electrons. The number of nitrogens with zero attached hydrogens (tertiary/aromatic N) is 10. The van der Waals surface area contributed by atoms with E-state index in [-0.39, 0.29) is 27.1 Å². The third kappa shape index (κ3) is 11.0. The van der Waals surface area contributed by atoms with Crippen LogP contribution in [0.15, 0.2) is 210 Å². The second-order valence-electron chi connectivity index (χ2n) is 16.1. The van der Waals surface area contributed by atoms with Gasteiger partial charge in [0.15, 0.2) is 0 Å². The fourth-order valence-corrected chi connectivity index (χ4v) is 8.74. The number of morpholine rings is 1. The molecule has 1 saturated heterocycles. The first-order chi connectivity index (χ1) is 34.9. The largest absolute Gasteiger partial charge is 0.378 e. The van der Waals surface area contributed by atoms with Crippen LogP contribution in [0.2, 0.25) is 0 Å². The van der Waals surface area contributed by atoms with Crippen LogP contribution in [0.5, 0.6) is 0 Å². The number of anilines is 5. The Labute approximate surface area is 412 Å². The third-order valence-corrected chi connectivity index (χ3v) is 13.1. The first-order valence-corrected chi connectivity index (χ1v) is 25.0. The van der Waals surface area contributed by atoms with Crippen LogP contribution >= 0.6 is 0 Å². The summed E-state index contributed by atoms with van der Waals surface area (Å²) in [5.41, 5.74) is 6.25. The van der Waals surface area contributed by atoms with Crippen molar-refractivity contribution < 1.29 is 30.7 Å². The summed E-state index contributed by atoms with van der Waals surface area (Å²) in [5.74, 6) is 1.06. The van der Waals surface area contributed by atoms with Gasteiger partial charge < -0.3 is 20.3 Å². The normalized spacial score (nSPS) is 13.4. The zero-order chi connectivity index (χ0) is 49.7. The van der Waals surface area contributed by atoms with Crippen molar-refractivity contribution in [3.05, 3.63) is 170 Å². The van der Waals surface area contributed by atoms with E-state index in [0.717, 1.165) is 33.3 Å². The van der Waals surface area contributed by atoms with Gasteiger partial charge >= 0.3 is 0 Å². The van der Waals surface area contributed by atoms with Crippen molar-refractivity contribution in [3.63, 3.8) is 0 Å². The number of benzene rings is 8. The summed E-state index contributed by atoms with van der Waals surface area (Å²) in [6.07, 6.45) is 0. The van der Waals surface area contributed by atoms with Crippen molar-refractivity contribution in [1.82, 2.24) is 15.0 Å². The van der Waals surface area contributed by atoms with Gasteiger partial charge in [0, 0.05) is 40.6 Å². The van der Waals surface area contributed by atoms with Gasteiger partial charge in [-0.2, -0.15) is 47.1 Å². The van der Waals surface area contributed by atoms with Crippen molar-refractivity contribution in [2.24, 2.45) is 30.7 Å². The number of hydrogen-bond donors (Lipinski definition) is 4. The molecule has 21 heteroatoms. The summed E-state index contributed by atoms with van der Waals surface area (Å²) >= 11 is 0. The van der Waals surface area contributed by atoms with E-state index in [0.29, 0.717) is 71.7 Å². The molecule has 0 atom stereocenters. The Morgan fingerprint density at radius 2 is 0.931 bits per heavy atom. The Kier molecular flexibility index (Phi) is 13.3. The molecule has 0 amide bonds. The van der Waals surface area contributed by atoms with Crippen LogP contribution in [0.1, 0.15) is 0 Å². The molecule has 1 aliphatic heterocycles. The van der Waals surface area contributed by atoms with Crippen LogP contribution in [-0.2, 0) is 25.0 Å². The van der Waals surface area contributed by atoms with Gasteiger partial charge in [0.1, 0.15) is 0 Å². The molecule has 1 aromatic heterocycles. The number of azo groups is 3. The second kappa shape index (κ2) is 20.3. The fraction of sp³-hybridized carbons (Fsp3) is 0.0784. The molecule has 1 aliphatic rings. The second-order valence-corrected chi connectivity index (χ2v) is 19.0. The Balaban J connectivity index is 0.875. The number of nitrogens with one attached hydrogen (secondary N) is 2. The lowest BCUT2D eigenvalue weighted by molar-refractivity contribution is 0.122. The van der Waals surface area contributed by atoms with Crippen molar-refractivity contribution in [1.29, 1.82) is 0 Å². The molecule has 72 heavy (non-hydrogen) atoms. The molecule has 0 spiro atoms. The highest BCUT2D eigenvalue weighted by atomic mass is 32.2. The number of aromatic nitrogens is 3. The number of fused-ring (bicyclic) bond motifs is 2. The minimum absolute atomic E-state index is 0.275. The van der Waals surface area contributed by atoms with E-state index >= 15 is 0 Å². The van der Waals surface area contributed by atoms with Crippen LogP contribution in [0.3, 0.4) is 0 Å². The average molecular weight is 997 g/mol. The first kappa shape index (κ1) is 47.0. The van der Waals surface area contributed by atoms with Crippen molar-refractivity contribution >= 4 is 105 Å². The van der Waals surface area contributed by atoms with Crippen LogP contribution in [-0.4, -0.2) is 67.2 Å². The maximum atomic E-state index is 12.2. The van der Waals surface area contributed by atoms with E-state index in [2.05, 4.69) is 41.3 Å². The van der Waals surface area contributed by atoms with Crippen LogP contribution in [0.4, 0.5) is 63.3 Å². The van der Waals surface area contributed by atoms with Gasteiger partial charge in [-0.25, -0.2) is 0 Å². The van der Waals surface area contributed by atoms with E-state index in [9.17, 15) is 25.9 Å². The Morgan fingerprint density at radius 3 is 1.49 bits per heavy atom. The predicted molar refractivity (Wildman–Crippen MR) is 274 cm³/mol. The molecule has 4 N–H and O–H groups in total. The molecule has 9 aromatic rings. The van der Waals surface area contributed by atoms with Gasteiger partial charge in [0.2, 0.25) is 17.8 Å². The summed E-state index contributed by atoms with van der Waals surface area (Å²) in [4.78, 5) is 15.6. The number of ether oxygens (including phenoxy) is 1. The third-order valence-electron chi connectivity index (χ3n) is 11.3. The Morgan fingerprint density at radius 1 is 0.458 bits per heavy atom. The highest BCUT2D eigenvalue weighted by molar-refractivity contribution is 7.86. The Hall–Kier alpha value is -8.73. The Bertz CT molecular complexity index is 3790. The quantitative estimate of drug-likeness (QED) is 0.0584. The topological polar surface area (TPSA) is 258 Å². The maximum Gasteiger partial charge on any atom is 0.294 e. The zero-order valence-corrected chi connectivity index (χ0v) is 39.4. The van der Waals surface area contributed by atoms with E-state index in [4.69, 9.17) is 19.7 Å². The molecule has 1 fully saturated rings. The molecule has 10 rings (SSSR count). The lowest BCUT2D eigenvalue weighted by Gasteiger charge is -2.27. The minimum Gasteiger partial charge on any atom is -0.378 e. The predicted octanol–water partition coefficient (Wildman–Crippen LogP) is 12.9. The summed E-state index contributed by atoms with van der Waals surface area (Å²) in [5, 5.41) is 35.9. The van der Waals surface area contributed by atoms with E-state index < -0.39 is 20.2 Å². The molecular weight excluding hydrogens is 957 g/mol. The van der Waals surface area contributed by atoms with Crippen LogP contribution in [0, 0.1) is 0 Å². The molecule has 358 valence electrons. The van der Waals surface area contributed by atoms with Gasteiger partial charge in [0.05, 0.1) is 57.1 Å². The van der Waals surface area contributed by atoms with Gasteiger partial charge in [-0.3, -0.25) is 9.11 Å². The van der Waals surface area contributed by atoms with Gasteiger partial charge in [0.25, 0.3) is 20.2 Å². The van der Waals surface area contributed by atoms with Crippen molar-refractivity contribution in [2.45, 2.75) is 9.79 Å². The zero-order valence-electron chi connectivity index (χ0n) is 37.7. The smallest absolute Gasteiger partial charge is 0.294 e. The van der Waals surface area contributed by atoms with Gasteiger partial charge in [-0.1, -0.05) is 66.7 Å². The number of rotatable bonds is 14. The maximum absolute atomic E-state index is 12.2. The molecule has 2 heterocycles. The monoisotopic (exact) mass is 996 g/mol. The van der Waals surface area contributed by atoms with E-state index in [1.165, 1.54) is 36.4 Å².